The van der Waals surface area contributed by atoms with Crippen LogP contribution in [0.1, 0.15) is 16.1 Å². The number of amides is 1. The van der Waals surface area contributed by atoms with E-state index in [1.807, 2.05) is 18.2 Å². The van der Waals surface area contributed by atoms with Gasteiger partial charge in [-0.3, -0.25) is 9.78 Å². The first-order valence-electron chi connectivity index (χ1n) is 5.95. The highest BCUT2D eigenvalue weighted by Crippen LogP contribution is 2.19. The Morgan fingerprint density at radius 2 is 2.37 bits per heavy atom. The van der Waals surface area contributed by atoms with E-state index >= 15 is 0 Å². The summed E-state index contributed by atoms with van der Waals surface area (Å²) in [5.41, 5.74) is 2.17. The molecule has 0 fully saturated rings. The number of hydrogen-bond acceptors (Lipinski definition) is 4. The second kappa shape index (κ2) is 4.53. The van der Waals surface area contributed by atoms with Gasteiger partial charge in [0.2, 0.25) is 0 Å². The van der Waals surface area contributed by atoms with E-state index in [2.05, 4.69) is 10.1 Å². The van der Waals surface area contributed by atoms with Gasteiger partial charge in [-0.15, -0.1) is 0 Å². The van der Waals surface area contributed by atoms with Crippen molar-refractivity contribution < 1.29 is 4.79 Å². The lowest BCUT2D eigenvalue weighted by molar-refractivity contribution is 0.0761. The topological polar surface area (TPSA) is 74.8 Å². The number of carbonyl (C=O) groups is 1. The second-order valence-electron chi connectivity index (χ2n) is 4.28. The molecule has 94 valence electrons. The Hall–Kier alpha value is -2.68. The number of aromatic nitrogens is 3. The van der Waals surface area contributed by atoms with Crippen molar-refractivity contribution in [2.24, 2.45) is 0 Å². The molecule has 0 radical (unpaired) electrons. The van der Waals surface area contributed by atoms with Gasteiger partial charge in [0.25, 0.3) is 5.91 Å². The fourth-order valence-electron chi connectivity index (χ4n) is 2.14. The predicted octanol–water partition coefficient (Wildman–Crippen LogP) is 0.789. The van der Waals surface area contributed by atoms with Crippen molar-refractivity contribution in [2.75, 3.05) is 13.1 Å². The predicted molar refractivity (Wildman–Crippen MR) is 66.6 cm³/mol. The van der Waals surface area contributed by atoms with E-state index < -0.39 is 0 Å². The summed E-state index contributed by atoms with van der Waals surface area (Å²) in [7, 11) is 0. The largest absolute Gasteiger partial charge is 0.325 e. The van der Waals surface area contributed by atoms with Crippen LogP contribution in [0.25, 0.3) is 5.69 Å². The van der Waals surface area contributed by atoms with Crippen LogP contribution in [-0.4, -0.2) is 38.7 Å². The number of nitrogens with zero attached hydrogens (tertiary/aromatic N) is 5. The zero-order chi connectivity index (χ0) is 13.2. The first-order chi connectivity index (χ1) is 9.29. The van der Waals surface area contributed by atoms with Crippen LogP contribution in [0.15, 0.2) is 30.7 Å². The molecular formula is C13H11N5O. The maximum absolute atomic E-state index is 12.2. The first-order valence-corrected chi connectivity index (χ1v) is 5.95. The first kappa shape index (κ1) is 11.4. The minimum absolute atomic E-state index is 0.121. The van der Waals surface area contributed by atoms with Gasteiger partial charge in [0.05, 0.1) is 29.2 Å². The van der Waals surface area contributed by atoms with Crippen LogP contribution in [-0.2, 0) is 6.42 Å². The summed E-state index contributed by atoms with van der Waals surface area (Å²) in [5, 5.41) is 13.1. The molecule has 3 rings (SSSR count). The third-order valence-electron chi connectivity index (χ3n) is 3.10. The highest BCUT2D eigenvalue weighted by atomic mass is 16.2. The average Bonchev–Trinajstić information content (AvgIpc) is 2.88. The molecule has 3 heterocycles. The van der Waals surface area contributed by atoms with Crippen LogP contribution in [0, 0.1) is 11.3 Å². The van der Waals surface area contributed by atoms with E-state index in [4.69, 9.17) is 5.26 Å². The molecule has 1 aliphatic rings. The molecule has 0 atom stereocenters. The summed E-state index contributed by atoms with van der Waals surface area (Å²) < 4.78 is 1.66. The van der Waals surface area contributed by atoms with Crippen LogP contribution >= 0.6 is 0 Å². The van der Waals surface area contributed by atoms with Crippen LogP contribution in [0.5, 0.6) is 0 Å². The molecule has 1 amide bonds. The summed E-state index contributed by atoms with van der Waals surface area (Å²) in [6.45, 7) is 0.666. The Morgan fingerprint density at radius 3 is 3.11 bits per heavy atom. The van der Waals surface area contributed by atoms with E-state index in [1.54, 1.807) is 23.3 Å². The van der Waals surface area contributed by atoms with Gasteiger partial charge in [-0.2, -0.15) is 10.4 Å². The zero-order valence-electron chi connectivity index (χ0n) is 10.2. The fraction of sp³-hybridized carbons (Fsp3) is 0.231. The third-order valence-corrected chi connectivity index (χ3v) is 3.10. The van der Waals surface area contributed by atoms with Gasteiger partial charge in [-0.05, 0) is 12.1 Å². The van der Waals surface area contributed by atoms with Gasteiger partial charge in [-0.25, -0.2) is 4.68 Å². The monoisotopic (exact) mass is 253 g/mol. The van der Waals surface area contributed by atoms with Gasteiger partial charge in [0.1, 0.15) is 6.54 Å². The third kappa shape index (κ3) is 1.95. The van der Waals surface area contributed by atoms with Gasteiger partial charge >= 0.3 is 0 Å². The molecule has 0 saturated carbocycles. The highest BCUT2D eigenvalue weighted by Gasteiger charge is 2.27. The molecule has 0 spiro atoms. The average molecular weight is 253 g/mol. The Bertz CT molecular complexity index is 655. The maximum atomic E-state index is 12.2. The minimum atomic E-state index is -0.127. The zero-order valence-corrected chi connectivity index (χ0v) is 10.2. The van der Waals surface area contributed by atoms with Crippen LogP contribution < -0.4 is 0 Å². The Balaban J connectivity index is 1.97. The number of rotatable bonds is 2. The summed E-state index contributed by atoms with van der Waals surface area (Å²) in [4.78, 5) is 17.7. The summed E-state index contributed by atoms with van der Waals surface area (Å²) >= 11 is 0. The van der Waals surface area contributed by atoms with Crippen molar-refractivity contribution in [3.05, 3.63) is 42.0 Å². The smallest absolute Gasteiger partial charge is 0.258 e. The Morgan fingerprint density at radius 1 is 1.47 bits per heavy atom. The minimum Gasteiger partial charge on any atom is -0.325 e. The molecule has 6 nitrogen and oxygen atoms in total. The molecule has 1 aliphatic heterocycles. The molecule has 2 aromatic heterocycles. The van der Waals surface area contributed by atoms with Gasteiger partial charge in [0.15, 0.2) is 0 Å². The number of nitriles is 1. The van der Waals surface area contributed by atoms with Crippen molar-refractivity contribution in [1.29, 1.82) is 5.26 Å². The van der Waals surface area contributed by atoms with E-state index in [1.165, 1.54) is 4.90 Å². The fourth-order valence-corrected chi connectivity index (χ4v) is 2.14. The summed E-state index contributed by atoms with van der Waals surface area (Å²) in [6, 6.07) is 5.70. The lowest BCUT2D eigenvalue weighted by Crippen LogP contribution is -2.37. The molecule has 0 saturated heterocycles. The molecule has 2 aromatic rings. The second-order valence-corrected chi connectivity index (χ2v) is 4.28. The molecule has 19 heavy (non-hydrogen) atoms. The lowest BCUT2D eigenvalue weighted by Gasteiger charge is -2.22. The SMILES string of the molecule is N#CCN1CCc2nn(-c3cccnc3)cc2C1=O. The Labute approximate surface area is 109 Å². The van der Waals surface area contributed by atoms with Crippen molar-refractivity contribution in [1.82, 2.24) is 19.7 Å². The van der Waals surface area contributed by atoms with Gasteiger partial charge in [0, 0.05) is 25.4 Å². The van der Waals surface area contributed by atoms with Crippen molar-refractivity contribution >= 4 is 5.91 Å². The van der Waals surface area contributed by atoms with Crippen LogP contribution in [0.2, 0.25) is 0 Å². The lowest BCUT2D eigenvalue weighted by atomic mass is 10.1. The van der Waals surface area contributed by atoms with Crippen LogP contribution in [0.3, 0.4) is 0 Å². The number of hydrogen-bond donors (Lipinski definition) is 0. The van der Waals surface area contributed by atoms with E-state index in [9.17, 15) is 4.79 Å². The maximum Gasteiger partial charge on any atom is 0.258 e. The number of fused-ring (bicyclic) bond motifs is 1. The molecule has 0 aromatic carbocycles. The van der Waals surface area contributed by atoms with E-state index in [0.29, 0.717) is 18.5 Å². The quantitative estimate of drug-likeness (QED) is 0.741. The number of pyridine rings is 1. The molecule has 6 heteroatoms. The van der Waals surface area contributed by atoms with Gasteiger partial charge in [-0.1, -0.05) is 0 Å². The normalized spacial score (nSPS) is 14.1. The van der Waals surface area contributed by atoms with Crippen molar-refractivity contribution in [3.63, 3.8) is 0 Å². The molecular weight excluding hydrogens is 242 g/mol. The van der Waals surface area contributed by atoms with Crippen molar-refractivity contribution in [2.45, 2.75) is 6.42 Å². The molecule has 0 aliphatic carbocycles. The van der Waals surface area contributed by atoms with Crippen LogP contribution in [0.4, 0.5) is 0 Å². The molecule has 0 N–H and O–H groups in total. The highest BCUT2D eigenvalue weighted by molar-refractivity contribution is 5.96. The number of carbonyl (C=O) groups excluding carboxylic acids is 1. The van der Waals surface area contributed by atoms with E-state index in [0.717, 1.165) is 11.4 Å². The Kier molecular flexibility index (Phi) is 2.72. The summed E-state index contributed by atoms with van der Waals surface area (Å²) in [6.07, 6.45) is 5.76. The molecule has 0 unspecified atom stereocenters. The van der Waals surface area contributed by atoms with E-state index in [-0.39, 0.29) is 12.5 Å². The summed E-state index contributed by atoms with van der Waals surface area (Å²) in [5.74, 6) is -0.127. The standard InChI is InChI=1S/C13H11N5O/c14-4-7-17-6-3-12-11(13(17)19)9-18(16-12)10-2-1-5-15-8-10/h1-2,5,8-9H,3,6-7H2. The van der Waals surface area contributed by atoms with Crippen molar-refractivity contribution in [3.8, 4) is 11.8 Å². The van der Waals surface area contributed by atoms with Gasteiger partial charge < -0.3 is 4.90 Å². The molecule has 0 bridgehead atoms.